The van der Waals surface area contributed by atoms with E-state index in [9.17, 15) is 18.0 Å². The zero-order chi connectivity index (χ0) is 30.6. The van der Waals surface area contributed by atoms with E-state index >= 15 is 0 Å². The van der Waals surface area contributed by atoms with Gasteiger partial charge in [0.1, 0.15) is 30.3 Å². The Morgan fingerprint density at radius 3 is 2.49 bits per heavy atom. The van der Waals surface area contributed by atoms with Gasteiger partial charge in [-0.15, -0.1) is 0 Å². The van der Waals surface area contributed by atoms with Crippen LogP contribution in [0.5, 0.6) is 5.75 Å². The molecule has 1 fully saturated rings. The molecular weight excluding hydrogens is 572 g/mol. The first-order valence-corrected chi connectivity index (χ1v) is 15.6. The Balaban J connectivity index is 1.40. The van der Waals surface area contributed by atoms with E-state index in [2.05, 4.69) is 6.58 Å². The van der Waals surface area contributed by atoms with Crippen molar-refractivity contribution in [1.29, 1.82) is 0 Å². The van der Waals surface area contributed by atoms with Crippen molar-refractivity contribution in [2.45, 2.75) is 30.4 Å². The number of esters is 1. The second-order valence-electron chi connectivity index (χ2n) is 10.3. The van der Waals surface area contributed by atoms with Crippen LogP contribution in [0, 0.1) is 5.92 Å². The van der Waals surface area contributed by atoms with Gasteiger partial charge in [0.15, 0.2) is 20.8 Å². The third-order valence-electron chi connectivity index (χ3n) is 7.34. The molecular formula is C33H32O9S. The van der Waals surface area contributed by atoms with Gasteiger partial charge < -0.3 is 23.4 Å². The molecule has 0 amide bonds. The fourth-order valence-corrected chi connectivity index (χ4v) is 5.46. The fourth-order valence-electron chi connectivity index (χ4n) is 4.83. The summed E-state index contributed by atoms with van der Waals surface area (Å²) in [6.45, 7) is 4.33. The third-order valence-corrected chi connectivity index (χ3v) is 8.45. The molecule has 0 atom stereocenters. The number of carbonyl (C=O) groups excluding carboxylic acids is 1. The van der Waals surface area contributed by atoms with Gasteiger partial charge in [-0.05, 0) is 48.7 Å². The predicted molar refractivity (Wildman–Crippen MR) is 161 cm³/mol. The molecule has 10 heteroatoms. The van der Waals surface area contributed by atoms with Gasteiger partial charge in [0.2, 0.25) is 0 Å². The molecule has 0 saturated heterocycles. The summed E-state index contributed by atoms with van der Waals surface area (Å²) in [6, 6.07) is 19.5. The molecule has 1 aliphatic rings. The van der Waals surface area contributed by atoms with Gasteiger partial charge in [-0.1, -0.05) is 43.0 Å². The first-order chi connectivity index (χ1) is 20.6. The van der Waals surface area contributed by atoms with E-state index in [0.29, 0.717) is 5.56 Å². The van der Waals surface area contributed by atoms with Gasteiger partial charge in [0.05, 0.1) is 41.4 Å². The van der Waals surface area contributed by atoms with Gasteiger partial charge >= 0.3 is 5.97 Å². The first kappa shape index (κ1) is 30.1. The van der Waals surface area contributed by atoms with Crippen molar-refractivity contribution in [3.05, 3.63) is 106 Å². The van der Waals surface area contributed by atoms with Gasteiger partial charge in [-0.2, -0.15) is 0 Å². The summed E-state index contributed by atoms with van der Waals surface area (Å²) in [5, 5.41) is 0.205. The zero-order valence-electron chi connectivity index (χ0n) is 23.9. The van der Waals surface area contributed by atoms with Crippen molar-refractivity contribution < 1.29 is 36.6 Å². The minimum absolute atomic E-state index is 0.0420. The maximum absolute atomic E-state index is 13.2. The predicted octanol–water partition coefficient (Wildman–Crippen LogP) is 5.55. The number of carbonyl (C=O) groups is 1. The Morgan fingerprint density at radius 1 is 1.00 bits per heavy atom. The van der Waals surface area contributed by atoms with E-state index in [4.69, 9.17) is 23.4 Å². The normalized spacial score (nSPS) is 16.3. The van der Waals surface area contributed by atoms with Crippen molar-refractivity contribution in [2.24, 2.45) is 5.92 Å². The lowest BCUT2D eigenvalue weighted by molar-refractivity contribution is -0.0410. The third kappa shape index (κ3) is 6.98. The molecule has 1 heterocycles. The van der Waals surface area contributed by atoms with Crippen molar-refractivity contribution in [3.8, 4) is 17.1 Å². The summed E-state index contributed by atoms with van der Waals surface area (Å²) in [7, 11) is -1.96. The summed E-state index contributed by atoms with van der Waals surface area (Å²) in [4.78, 5) is 26.2. The molecule has 1 aliphatic carbocycles. The quantitative estimate of drug-likeness (QED) is 0.116. The largest absolute Gasteiger partial charge is 0.501 e. The molecule has 0 bridgehead atoms. The molecule has 3 aromatic carbocycles. The smallest absolute Gasteiger partial charge is 0.342 e. The number of hydrogen-bond acceptors (Lipinski definition) is 9. The summed E-state index contributed by atoms with van der Waals surface area (Å²) < 4.78 is 53.3. The SMILES string of the molecule is C=C(OC)C1CC(OCCOc2cc(S(C)(=O)=O)ccc2-c2cc(=O)c3cccc(C(=O)OCc4ccccc4)c3o2)C1. The van der Waals surface area contributed by atoms with Crippen LogP contribution < -0.4 is 10.2 Å². The Hall–Kier alpha value is -4.41. The fraction of sp³-hybridized carbons (Fsp3) is 0.273. The molecule has 4 aromatic rings. The number of ether oxygens (including phenoxy) is 4. The van der Waals surface area contributed by atoms with Crippen LogP contribution in [0.3, 0.4) is 0 Å². The maximum atomic E-state index is 13.2. The lowest BCUT2D eigenvalue weighted by Gasteiger charge is -2.35. The van der Waals surface area contributed by atoms with Crippen LogP contribution in [-0.2, 0) is 30.7 Å². The van der Waals surface area contributed by atoms with Gasteiger partial charge in [0.25, 0.3) is 0 Å². The molecule has 1 aromatic heterocycles. The van der Waals surface area contributed by atoms with Crippen LogP contribution >= 0.6 is 0 Å². The number of benzene rings is 3. The molecule has 0 spiro atoms. The second kappa shape index (κ2) is 12.8. The van der Waals surface area contributed by atoms with Crippen LogP contribution in [-0.4, -0.2) is 47.1 Å². The number of sulfone groups is 1. The highest BCUT2D eigenvalue weighted by Crippen LogP contribution is 2.36. The number of methoxy groups -OCH3 is 1. The Kier molecular flexibility index (Phi) is 8.98. The average molecular weight is 605 g/mol. The van der Waals surface area contributed by atoms with Crippen LogP contribution in [0.15, 0.2) is 99.2 Å². The molecule has 224 valence electrons. The lowest BCUT2D eigenvalue weighted by atomic mass is 9.81. The summed E-state index contributed by atoms with van der Waals surface area (Å²) in [6.07, 6.45) is 2.76. The second-order valence-corrected chi connectivity index (χ2v) is 12.3. The monoisotopic (exact) mass is 604 g/mol. The number of fused-ring (bicyclic) bond motifs is 1. The standard InChI is InChI=1S/C33H32O9S/c1-21(38-2)23-16-24(17-23)39-14-15-40-30-18-25(43(3,36)37)12-13-27(30)31-19-29(34)26-10-7-11-28(32(26)42-31)33(35)41-20-22-8-5-4-6-9-22/h4-13,18-19,23-24H,1,14-17,20H2,2-3H3. The number of allylic oxidation sites excluding steroid dienone is 1. The summed E-state index contributed by atoms with van der Waals surface area (Å²) in [5.41, 5.74) is 0.923. The highest BCUT2D eigenvalue weighted by molar-refractivity contribution is 7.90. The molecule has 43 heavy (non-hydrogen) atoms. The molecule has 0 unspecified atom stereocenters. The Labute approximate surface area is 249 Å². The van der Waals surface area contributed by atoms with Crippen molar-refractivity contribution in [2.75, 3.05) is 26.6 Å². The Bertz CT molecular complexity index is 1800. The molecule has 0 radical (unpaired) electrons. The average Bonchev–Trinajstić information content (AvgIpc) is 2.98. The number of hydrogen-bond donors (Lipinski definition) is 0. The first-order valence-electron chi connectivity index (χ1n) is 13.7. The Morgan fingerprint density at radius 2 is 1.77 bits per heavy atom. The minimum atomic E-state index is -3.55. The van der Waals surface area contributed by atoms with E-state index in [1.807, 2.05) is 30.3 Å². The van der Waals surface area contributed by atoms with E-state index in [-0.39, 0.29) is 70.2 Å². The van der Waals surface area contributed by atoms with E-state index < -0.39 is 15.8 Å². The molecule has 1 saturated carbocycles. The molecule has 0 N–H and O–H groups in total. The van der Waals surface area contributed by atoms with Crippen LogP contribution in [0.2, 0.25) is 0 Å². The van der Waals surface area contributed by atoms with Crippen LogP contribution in [0.1, 0.15) is 28.8 Å². The topological polar surface area (TPSA) is 118 Å². The number of rotatable bonds is 12. The van der Waals surface area contributed by atoms with Gasteiger partial charge in [-0.25, -0.2) is 13.2 Å². The van der Waals surface area contributed by atoms with Crippen molar-refractivity contribution >= 4 is 26.8 Å². The highest BCUT2D eigenvalue weighted by atomic mass is 32.2. The van der Waals surface area contributed by atoms with Crippen LogP contribution in [0.25, 0.3) is 22.3 Å². The summed E-state index contributed by atoms with van der Waals surface area (Å²) in [5.74, 6) is 0.658. The van der Waals surface area contributed by atoms with Crippen molar-refractivity contribution in [3.63, 3.8) is 0 Å². The van der Waals surface area contributed by atoms with Crippen LogP contribution in [0.4, 0.5) is 0 Å². The van der Waals surface area contributed by atoms with E-state index in [0.717, 1.165) is 30.4 Å². The molecule has 5 rings (SSSR count). The minimum Gasteiger partial charge on any atom is -0.501 e. The van der Waals surface area contributed by atoms with E-state index in [1.165, 1.54) is 30.3 Å². The van der Waals surface area contributed by atoms with Gasteiger partial charge in [0, 0.05) is 18.2 Å². The molecule has 0 aliphatic heterocycles. The summed E-state index contributed by atoms with van der Waals surface area (Å²) >= 11 is 0. The zero-order valence-corrected chi connectivity index (χ0v) is 24.7. The van der Waals surface area contributed by atoms with E-state index in [1.54, 1.807) is 19.2 Å². The molecule has 9 nitrogen and oxygen atoms in total. The van der Waals surface area contributed by atoms with Gasteiger partial charge in [-0.3, -0.25) is 4.79 Å². The number of para-hydroxylation sites is 1. The van der Waals surface area contributed by atoms with Crippen molar-refractivity contribution in [1.82, 2.24) is 0 Å². The maximum Gasteiger partial charge on any atom is 0.342 e. The highest BCUT2D eigenvalue weighted by Gasteiger charge is 2.32. The lowest BCUT2D eigenvalue weighted by Crippen LogP contribution is -2.33.